The van der Waals surface area contributed by atoms with Crippen LogP contribution in [0.15, 0.2) is 41.1 Å². The maximum Gasteiger partial charge on any atom is 0.309 e. The molecule has 0 radical (unpaired) electrons. The Morgan fingerprint density at radius 3 is 2.68 bits per heavy atom. The smallest absolute Gasteiger partial charge is 0.306 e. The van der Waals surface area contributed by atoms with E-state index in [1.165, 1.54) is 4.68 Å². The van der Waals surface area contributed by atoms with E-state index in [0.717, 1.165) is 11.8 Å². The van der Waals surface area contributed by atoms with Crippen molar-refractivity contribution < 1.29 is 9.72 Å². The van der Waals surface area contributed by atoms with Crippen molar-refractivity contribution in [2.75, 3.05) is 5.32 Å². The van der Waals surface area contributed by atoms with Crippen LogP contribution in [-0.2, 0) is 11.3 Å². The summed E-state index contributed by atoms with van der Waals surface area (Å²) in [5.41, 5.74) is 1.18. The maximum absolute atomic E-state index is 12.6. The van der Waals surface area contributed by atoms with E-state index in [0.29, 0.717) is 27.6 Å². The van der Waals surface area contributed by atoms with Crippen LogP contribution in [-0.4, -0.2) is 30.4 Å². The molecule has 1 aromatic carbocycles. The molecule has 0 bridgehead atoms. The van der Waals surface area contributed by atoms with Gasteiger partial charge in [-0.3, -0.25) is 24.3 Å². The zero-order valence-corrected chi connectivity index (χ0v) is 17.3. The number of carbonyl (C=O) groups excluding carboxylic acids is 1. The Labute approximate surface area is 173 Å². The van der Waals surface area contributed by atoms with Crippen LogP contribution in [0, 0.1) is 17.0 Å². The molecule has 0 aliphatic heterocycles. The third-order valence-corrected chi connectivity index (χ3v) is 5.01. The molecule has 0 saturated carbocycles. The Morgan fingerprint density at radius 2 is 2.07 bits per heavy atom. The summed E-state index contributed by atoms with van der Waals surface area (Å²) in [6, 6.07) is 6.63. The molecule has 0 fully saturated rings. The number of nitrogens with zero attached hydrogens (tertiary/aromatic N) is 5. The van der Waals surface area contributed by atoms with Crippen LogP contribution in [0.1, 0.15) is 24.2 Å². The number of anilines is 1. The minimum Gasteiger partial charge on any atom is -0.306 e. The second kappa shape index (κ2) is 8.11. The number of nitrogens with one attached hydrogen (secondary N) is 1. The molecule has 1 amide bonds. The molecular weight excluding hydrogens is 452 g/mol. The van der Waals surface area contributed by atoms with Crippen LogP contribution in [0.3, 0.4) is 0 Å². The van der Waals surface area contributed by atoms with Crippen LogP contribution < -0.4 is 5.32 Å². The molecule has 11 heteroatoms. The van der Waals surface area contributed by atoms with Crippen molar-refractivity contribution in [1.82, 2.24) is 19.6 Å². The standard InChI is InChI=1S/C17H16BrClN6O3/c1-10-15(25(27)28)7-20-24(10)11(2)17(26)21-16-14(18)9-23(22-16)8-12-3-5-13(19)6-4-12/h3-7,9,11H,8H2,1-2H3,(H,21,22,26). The molecule has 3 aromatic rings. The summed E-state index contributed by atoms with van der Waals surface area (Å²) >= 11 is 9.27. The summed E-state index contributed by atoms with van der Waals surface area (Å²) in [7, 11) is 0. The molecule has 3 rings (SSSR count). The molecule has 28 heavy (non-hydrogen) atoms. The molecule has 2 heterocycles. The van der Waals surface area contributed by atoms with Gasteiger partial charge in [0.25, 0.3) is 0 Å². The number of carbonyl (C=O) groups is 1. The van der Waals surface area contributed by atoms with Crippen molar-refractivity contribution >= 4 is 44.9 Å². The predicted octanol–water partition coefficient (Wildman–Crippen LogP) is 3.96. The molecular formula is C17H16BrClN6O3. The fraction of sp³-hybridized carbons (Fsp3) is 0.235. The zero-order chi connectivity index (χ0) is 20.4. The van der Waals surface area contributed by atoms with Gasteiger partial charge >= 0.3 is 5.69 Å². The van der Waals surface area contributed by atoms with E-state index >= 15 is 0 Å². The Hall–Kier alpha value is -2.72. The van der Waals surface area contributed by atoms with Crippen molar-refractivity contribution in [3.8, 4) is 0 Å². The quantitative estimate of drug-likeness (QED) is 0.436. The van der Waals surface area contributed by atoms with Gasteiger partial charge in [-0.2, -0.15) is 10.2 Å². The highest BCUT2D eigenvalue weighted by Gasteiger charge is 2.24. The second-order valence-electron chi connectivity index (χ2n) is 6.13. The van der Waals surface area contributed by atoms with Crippen molar-refractivity contribution in [3.63, 3.8) is 0 Å². The molecule has 1 N–H and O–H groups in total. The van der Waals surface area contributed by atoms with Crippen LogP contribution in [0.4, 0.5) is 11.5 Å². The monoisotopic (exact) mass is 466 g/mol. The first-order valence-corrected chi connectivity index (χ1v) is 9.40. The number of hydrogen-bond acceptors (Lipinski definition) is 5. The fourth-order valence-corrected chi connectivity index (χ4v) is 3.20. The highest BCUT2D eigenvalue weighted by molar-refractivity contribution is 9.10. The molecule has 2 aromatic heterocycles. The third-order valence-electron chi connectivity index (χ3n) is 4.18. The van der Waals surface area contributed by atoms with Gasteiger partial charge in [0.2, 0.25) is 5.91 Å². The van der Waals surface area contributed by atoms with Crippen molar-refractivity contribution in [2.45, 2.75) is 26.4 Å². The van der Waals surface area contributed by atoms with Gasteiger partial charge in [-0.15, -0.1) is 0 Å². The average molecular weight is 468 g/mol. The van der Waals surface area contributed by atoms with E-state index < -0.39 is 16.9 Å². The van der Waals surface area contributed by atoms with Crippen LogP contribution in [0.2, 0.25) is 5.02 Å². The summed E-state index contributed by atoms with van der Waals surface area (Å²) < 4.78 is 3.61. The lowest BCUT2D eigenvalue weighted by atomic mass is 10.2. The van der Waals surface area contributed by atoms with Gasteiger partial charge in [-0.1, -0.05) is 23.7 Å². The fourth-order valence-electron chi connectivity index (χ4n) is 2.66. The Balaban J connectivity index is 1.72. The van der Waals surface area contributed by atoms with Gasteiger partial charge < -0.3 is 5.32 Å². The predicted molar refractivity (Wildman–Crippen MR) is 107 cm³/mol. The number of hydrogen-bond donors (Lipinski definition) is 1. The lowest BCUT2D eigenvalue weighted by Gasteiger charge is -2.13. The summed E-state index contributed by atoms with van der Waals surface area (Å²) in [6.45, 7) is 3.66. The first-order chi connectivity index (χ1) is 13.3. The van der Waals surface area contributed by atoms with E-state index in [9.17, 15) is 14.9 Å². The lowest BCUT2D eigenvalue weighted by molar-refractivity contribution is -0.385. The second-order valence-corrected chi connectivity index (χ2v) is 7.42. The third kappa shape index (κ3) is 4.23. The summed E-state index contributed by atoms with van der Waals surface area (Å²) in [6.07, 6.45) is 2.88. The number of benzene rings is 1. The molecule has 0 aliphatic carbocycles. The van der Waals surface area contributed by atoms with E-state index in [2.05, 4.69) is 31.4 Å². The SMILES string of the molecule is Cc1c([N+](=O)[O-])cnn1C(C)C(=O)Nc1nn(Cc2ccc(Cl)cc2)cc1Br. The Morgan fingerprint density at radius 1 is 1.39 bits per heavy atom. The molecule has 1 unspecified atom stereocenters. The molecule has 0 aliphatic rings. The minimum absolute atomic E-state index is 0.131. The first kappa shape index (κ1) is 20.0. The highest BCUT2D eigenvalue weighted by Crippen LogP contribution is 2.24. The summed E-state index contributed by atoms with van der Waals surface area (Å²) in [5.74, 6) is -0.0383. The van der Waals surface area contributed by atoms with Gasteiger partial charge in [-0.25, -0.2) is 0 Å². The first-order valence-electron chi connectivity index (χ1n) is 8.23. The van der Waals surface area contributed by atoms with E-state index in [1.54, 1.807) is 36.9 Å². The van der Waals surface area contributed by atoms with Gasteiger partial charge in [0, 0.05) is 11.2 Å². The van der Waals surface area contributed by atoms with E-state index in [-0.39, 0.29) is 5.69 Å². The van der Waals surface area contributed by atoms with E-state index in [4.69, 9.17) is 11.6 Å². The average Bonchev–Trinajstić information content (AvgIpc) is 3.19. The van der Waals surface area contributed by atoms with Gasteiger partial charge in [0.15, 0.2) is 5.82 Å². The lowest BCUT2D eigenvalue weighted by Crippen LogP contribution is -2.25. The molecule has 1 atom stereocenters. The molecule has 0 spiro atoms. The van der Waals surface area contributed by atoms with Gasteiger partial charge in [-0.05, 0) is 47.5 Å². The van der Waals surface area contributed by atoms with Crippen LogP contribution in [0.5, 0.6) is 0 Å². The Bertz CT molecular complexity index is 1030. The van der Waals surface area contributed by atoms with E-state index in [1.807, 2.05) is 12.1 Å². The maximum atomic E-state index is 12.6. The van der Waals surface area contributed by atoms with Gasteiger partial charge in [0.05, 0.1) is 15.9 Å². The van der Waals surface area contributed by atoms with Crippen LogP contribution >= 0.6 is 27.5 Å². The van der Waals surface area contributed by atoms with Crippen LogP contribution in [0.25, 0.3) is 0 Å². The van der Waals surface area contributed by atoms with Gasteiger partial charge in [0.1, 0.15) is 17.9 Å². The number of halogens is 2. The number of aromatic nitrogens is 4. The molecule has 9 nitrogen and oxygen atoms in total. The topological polar surface area (TPSA) is 108 Å². The summed E-state index contributed by atoms with van der Waals surface area (Å²) in [5, 5.41) is 22.7. The molecule has 146 valence electrons. The molecule has 0 saturated heterocycles. The largest absolute Gasteiger partial charge is 0.309 e. The Kier molecular flexibility index (Phi) is 5.80. The zero-order valence-electron chi connectivity index (χ0n) is 15.0. The number of nitro groups is 1. The summed E-state index contributed by atoms with van der Waals surface area (Å²) in [4.78, 5) is 23.0. The number of rotatable bonds is 6. The highest BCUT2D eigenvalue weighted by atomic mass is 79.9. The normalized spacial score (nSPS) is 12.0. The number of amides is 1. The van der Waals surface area contributed by atoms with Crippen molar-refractivity contribution in [3.05, 3.63) is 67.5 Å². The van der Waals surface area contributed by atoms with Crippen molar-refractivity contribution in [1.29, 1.82) is 0 Å². The van der Waals surface area contributed by atoms with Crippen molar-refractivity contribution in [2.24, 2.45) is 0 Å². The minimum atomic E-state index is -0.748.